The molecule has 1 aromatic heterocycles. The number of carbonyl (C=O) groups excluding carboxylic acids is 1. The maximum Gasteiger partial charge on any atom is 1.00 e. The predicted molar refractivity (Wildman–Crippen MR) is 71.6 cm³/mol. The number of thiophene rings is 1. The molecule has 0 radical (unpaired) electrons. The first-order chi connectivity index (χ1) is 7.52. The van der Waals surface area contributed by atoms with Crippen molar-refractivity contribution in [3.05, 3.63) is 28.5 Å². The van der Waals surface area contributed by atoms with E-state index in [2.05, 4.69) is 0 Å². The van der Waals surface area contributed by atoms with Crippen molar-refractivity contribution < 1.29 is 35.8 Å². The van der Waals surface area contributed by atoms with Crippen LogP contribution in [0.1, 0.15) is 34.7 Å². The molecule has 90 valence electrons. The molecular formula is C13H20NNaOS. The van der Waals surface area contributed by atoms with Crippen LogP contribution >= 0.6 is 11.3 Å². The molecule has 0 saturated heterocycles. The number of nitrogens with zero attached hydrogens (tertiary/aromatic N) is 1. The smallest absolute Gasteiger partial charge is 1.00 e. The van der Waals surface area contributed by atoms with E-state index in [-0.39, 0.29) is 49.0 Å². The van der Waals surface area contributed by atoms with Gasteiger partial charge >= 0.3 is 29.6 Å². The minimum Gasteiger partial charge on any atom is -1.00 e. The molecular weight excluding hydrogens is 241 g/mol. The van der Waals surface area contributed by atoms with Crippen LogP contribution in [0, 0.1) is 0 Å². The third kappa shape index (κ3) is 5.38. The number of amides is 1. The molecule has 1 aromatic rings. The van der Waals surface area contributed by atoms with E-state index in [1.807, 2.05) is 55.5 Å². The summed E-state index contributed by atoms with van der Waals surface area (Å²) in [7, 11) is 0. The first-order valence-corrected chi connectivity index (χ1v) is 6.49. The van der Waals surface area contributed by atoms with Gasteiger partial charge in [-0.15, -0.1) is 0 Å². The van der Waals surface area contributed by atoms with Gasteiger partial charge in [-0.05, 0) is 56.2 Å². The monoisotopic (exact) mass is 261 g/mol. The Morgan fingerprint density at radius 3 is 2.35 bits per heavy atom. The van der Waals surface area contributed by atoms with E-state index in [9.17, 15) is 4.79 Å². The Balaban J connectivity index is 0. The molecule has 0 aliphatic heterocycles. The molecule has 4 heteroatoms. The summed E-state index contributed by atoms with van der Waals surface area (Å²) in [5, 5.41) is 4.03. The van der Waals surface area contributed by atoms with Crippen molar-refractivity contribution >= 4 is 23.3 Å². The Bertz CT molecular complexity index is 355. The van der Waals surface area contributed by atoms with Crippen LogP contribution in [0.15, 0.2) is 22.9 Å². The summed E-state index contributed by atoms with van der Waals surface area (Å²) in [6, 6.07) is 2.48. The molecule has 0 unspecified atom stereocenters. The maximum absolute atomic E-state index is 12.0. The third-order valence-electron chi connectivity index (χ3n) is 2.33. The Kier molecular flexibility index (Phi) is 8.05. The number of hydrogen-bond acceptors (Lipinski definition) is 2. The second kappa shape index (κ2) is 8.09. The van der Waals surface area contributed by atoms with Crippen molar-refractivity contribution in [3.63, 3.8) is 0 Å². The molecule has 0 spiro atoms. The summed E-state index contributed by atoms with van der Waals surface area (Å²) in [5.41, 5.74) is 1.09. The third-order valence-corrected chi connectivity index (χ3v) is 3.03. The zero-order valence-electron chi connectivity index (χ0n) is 12.3. The number of hydrogen-bond donors (Lipinski definition) is 0. The van der Waals surface area contributed by atoms with Gasteiger partial charge in [0.2, 0.25) is 5.91 Å². The van der Waals surface area contributed by atoms with Crippen LogP contribution in [0.2, 0.25) is 0 Å². The molecule has 0 aliphatic rings. The van der Waals surface area contributed by atoms with Crippen LogP contribution in [0.4, 0.5) is 0 Å². The van der Waals surface area contributed by atoms with Crippen LogP contribution in [-0.2, 0) is 4.79 Å². The SMILES string of the molecule is CC(C)N(C(=O)C=Cc1ccsc1)C(C)C.[H-].[Na+]. The van der Waals surface area contributed by atoms with E-state index < -0.39 is 0 Å². The molecule has 0 atom stereocenters. The van der Waals surface area contributed by atoms with E-state index in [0.29, 0.717) is 0 Å². The quantitative estimate of drug-likeness (QED) is 0.572. The molecule has 0 fully saturated rings. The zero-order chi connectivity index (χ0) is 12.1. The fourth-order valence-electron chi connectivity index (χ4n) is 1.73. The van der Waals surface area contributed by atoms with Gasteiger partial charge in [0.05, 0.1) is 0 Å². The van der Waals surface area contributed by atoms with E-state index in [1.165, 1.54) is 0 Å². The zero-order valence-corrected chi connectivity index (χ0v) is 14.1. The van der Waals surface area contributed by atoms with Gasteiger partial charge in [0, 0.05) is 18.2 Å². The Labute approximate surface area is 131 Å². The summed E-state index contributed by atoms with van der Waals surface area (Å²) in [5.74, 6) is 0.0798. The van der Waals surface area contributed by atoms with E-state index in [1.54, 1.807) is 17.4 Å². The van der Waals surface area contributed by atoms with Gasteiger partial charge in [-0.25, -0.2) is 0 Å². The summed E-state index contributed by atoms with van der Waals surface area (Å²) in [4.78, 5) is 13.8. The van der Waals surface area contributed by atoms with Gasteiger partial charge in [-0.1, -0.05) is 0 Å². The predicted octanol–water partition coefficient (Wildman–Crippen LogP) is 0.523. The molecule has 17 heavy (non-hydrogen) atoms. The van der Waals surface area contributed by atoms with E-state index in [4.69, 9.17) is 0 Å². The standard InChI is InChI=1S/C13H19NOS.Na.H/c1-10(2)14(11(3)4)13(15)6-5-12-7-8-16-9-12;;/h5-11H,1-4H3;;/q;+1;-1. The van der Waals surface area contributed by atoms with Crippen LogP contribution in [-0.4, -0.2) is 22.9 Å². The van der Waals surface area contributed by atoms with Gasteiger partial charge in [-0.3, -0.25) is 4.79 Å². The molecule has 0 N–H and O–H groups in total. The van der Waals surface area contributed by atoms with Gasteiger partial charge in [0.15, 0.2) is 0 Å². The Hall–Kier alpha value is -0.0900. The summed E-state index contributed by atoms with van der Waals surface area (Å²) >= 11 is 1.64. The first-order valence-electron chi connectivity index (χ1n) is 5.55. The van der Waals surface area contributed by atoms with Crippen molar-refractivity contribution in [2.45, 2.75) is 39.8 Å². The van der Waals surface area contributed by atoms with Crippen LogP contribution < -0.4 is 29.6 Å². The average molecular weight is 261 g/mol. The molecule has 1 amide bonds. The second-order valence-corrected chi connectivity index (χ2v) is 5.10. The van der Waals surface area contributed by atoms with Gasteiger partial charge < -0.3 is 6.33 Å². The second-order valence-electron chi connectivity index (χ2n) is 4.32. The molecule has 0 aliphatic carbocycles. The molecule has 0 bridgehead atoms. The van der Waals surface area contributed by atoms with Gasteiger partial charge in [0.25, 0.3) is 0 Å². The number of rotatable bonds is 4. The molecule has 1 heterocycles. The summed E-state index contributed by atoms with van der Waals surface area (Å²) < 4.78 is 0. The summed E-state index contributed by atoms with van der Waals surface area (Å²) in [6.07, 6.45) is 3.53. The van der Waals surface area contributed by atoms with Crippen LogP contribution in [0.5, 0.6) is 0 Å². The fourth-order valence-corrected chi connectivity index (χ4v) is 2.36. The van der Waals surface area contributed by atoms with Crippen molar-refractivity contribution in [2.75, 3.05) is 0 Å². The van der Waals surface area contributed by atoms with Crippen molar-refractivity contribution in [1.29, 1.82) is 0 Å². The molecule has 1 rings (SSSR count). The van der Waals surface area contributed by atoms with Crippen molar-refractivity contribution in [2.24, 2.45) is 0 Å². The molecule has 0 aromatic carbocycles. The minimum atomic E-state index is 0. The van der Waals surface area contributed by atoms with E-state index >= 15 is 0 Å². The van der Waals surface area contributed by atoms with Crippen LogP contribution in [0.25, 0.3) is 6.08 Å². The number of carbonyl (C=O) groups is 1. The van der Waals surface area contributed by atoms with Gasteiger partial charge in [-0.2, -0.15) is 11.3 Å². The van der Waals surface area contributed by atoms with Crippen LogP contribution in [0.3, 0.4) is 0 Å². The minimum absolute atomic E-state index is 0. The fraction of sp³-hybridized carbons (Fsp3) is 0.462. The topological polar surface area (TPSA) is 20.3 Å². The largest absolute Gasteiger partial charge is 1.00 e. The maximum atomic E-state index is 12.0. The van der Waals surface area contributed by atoms with Gasteiger partial charge in [0.1, 0.15) is 0 Å². The Morgan fingerprint density at radius 2 is 1.94 bits per heavy atom. The Morgan fingerprint density at radius 1 is 1.35 bits per heavy atom. The van der Waals surface area contributed by atoms with Crippen molar-refractivity contribution in [1.82, 2.24) is 4.90 Å². The molecule has 0 saturated carbocycles. The van der Waals surface area contributed by atoms with E-state index in [0.717, 1.165) is 5.56 Å². The normalized spacial score (nSPS) is 10.9. The first kappa shape index (κ1) is 16.9. The summed E-state index contributed by atoms with van der Waals surface area (Å²) in [6.45, 7) is 8.15. The van der Waals surface area contributed by atoms with Crippen molar-refractivity contribution in [3.8, 4) is 0 Å². The molecule has 2 nitrogen and oxygen atoms in total. The average Bonchev–Trinajstić information content (AvgIpc) is 2.65.